The first-order valence-corrected chi connectivity index (χ1v) is 9.38. The molecule has 0 bridgehead atoms. The minimum Gasteiger partial charge on any atom is -0.340 e. The van der Waals surface area contributed by atoms with Crippen LogP contribution in [0.15, 0.2) is 46.7 Å². The van der Waals surface area contributed by atoms with Gasteiger partial charge < -0.3 is 4.90 Å². The summed E-state index contributed by atoms with van der Waals surface area (Å²) in [7, 11) is 0. The number of nitrogens with zero attached hydrogens (tertiary/aromatic N) is 1. The van der Waals surface area contributed by atoms with Crippen LogP contribution in [-0.4, -0.2) is 33.9 Å². The van der Waals surface area contributed by atoms with Gasteiger partial charge in [-0.05, 0) is 42.7 Å². The Morgan fingerprint density at radius 1 is 1.29 bits per heavy atom. The van der Waals surface area contributed by atoms with Crippen LogP contribution in [0.3, 0.4) is 0 Å². The first-order valence-electron chi connectivity index (χ1n) is 7.62. The second-order valence-corrected chi connectivity index (χ2v) is 8.72. The third-order valence-corrected chi connectivity index (χ3v) is 7.27. The van der Waals surface area contributed by atoms with E-state index in [4.69, 9.17) is 0 Å². The molecule has 2 unspecified atom stereocenters. The average Bonchev–Trinajstić information content (AvgIpc) is 3.14. The van der Waals surface area contributed by atoms with Crippen LogP contribution >= 0.6 is 23.5 Å². The number of rotatable bonds is 3. The molecule has 21 heavy (non-hydrogen) atoms. The van der Waals surface area contributed by atoms with Gasteiger partial charge in [0.15, 0.2) is 0 Å². The van der Waals surface area contributed by atoms with Crippen molar-refractivity contribution in [3.05, 3.63) is 41.8 Å². The Balaban J connectivity index is 1.45. The lowest BCUT2D eigenvalue weighted by atomic mass is 9.96. The summed E-state index contributed by atoms with van der Waals surface area (Å²) in [6.45, 7) is 1.86. The van der Waals surface area contributed by atoms with Gasteiger partial charge in [-0.3, -0.25) is 4.79 Å². The smallest absolute Gasteiger partial charge is 0.239 e. The number of piperidine rings is 1. The van der Waals surface area contributed by atoms with E-state index in [1.165, 1.54) is 4.90 Å². The van der Waals surface area contributed by atoms with Gasteiger partial charge in [-0.2, -0.15) is 0 Å². The second-order valence-electron chi connectivity index (χ2n) is 6.12. The van der Waals surface area contributed by atoms with Crippen molar-refractivity contribution in [2.24, 2.45) is 5.92 Å². The number of hydrogen-bond acceptors (Lipinski definition) is 3. The lowest BCUT2D eigenvalue weighted by Gasteiger charge is -2.36. The zero-order valence-corrected chi connectivity index (χ0v) is 13.5. The Bertz CT molecular complexity index is 567. The maximum atomic E-state index is 13.0. The molecule has 0 radical (unpaired) electrons. The van der Waals surface area contributed by atoms with Gasteiger partial charge >= 0.3 is 0 Å². The topological polar surface area (TPSA) is 20.3 Å². The van der Waals surface area contributed by atoms with Gasteiger partial charge in [-0.1, -0.05) is 24.3 Å². The molecule has 2 aliphatic heterocycles. The molecule has 2 fully saturated rings. The van der Waals surface area contributed by atoms with E-state index >= 15 is 0 Å². The third-order valence-electron chi connectivity index (χ3n) is 4.63. The lowest BCUT2D eigenvalue weighted by Crippen LogP contribution is -2.47. The molecule has 0 N–H and O–H groups in total. The molecule has 1 saturated carbocycles. The Kier molecular flexibility index (Phi) is 3.54. The fourth-order valence-electron chi connectivity index (χ4n) is 3.21. The fraction of sp³-hybridized carbons (Fsp3) is 0.471. The Labute approximate surface area is 134 Å². The summed E-state index contributed by atoms with van der Waals surface area (Å²) in [5.74, 6) is 1.07. The van der Waals surface area contributed by atoms with Crippen LogP contribution in [0.1, 0.15) is 19.3 Å². The molecule has 1 aromatic carbocycles. The first-order chi connectivity index (χ1) is 10.3. The van der Waals surface area contributed by atoms with Crippen LogP contribution in [-0.2, 0) is 4.79 Å². The van der Waals surface area contributed by atoms with E-state index in [1.807, 2.05) is 17.8 Å². The average molecular weight is 317 g/mol. The number of hydrogen-bond donors (Lipinski definition) is 0. The maximum Gasteiger partial charge on any atom is 0.239 e. The molecule has 0 spiro atoms. The van der Waals surface area contributed by atoms with E-state index in [0.717, 1.165) is 32.4 Å². The number of thioether (sulfide) groups is 2. The van der Waals surface area contributed by atoms with E-state index in [-0.39, 0.29) is 4.75 Å². The van der Waals surface area contributed by atoms with Crippen LogP contribution in [0, 0.1) is 5.92 Å². The third kappa shape index (κ3) is 2.64. The molecule has 2 nitrogen and oxygen atoms in total. The maximum absolute atomic E-state index is 13.0. The van der Waals surface area contributed by atoms with Crippen molar-refractivity contribution in [3.8, 4) is 0 Å². The molecule has 1 amide bonds. The van der Waals surface area contributed by atoms with Crippen LogP contribution < -0.4 is 0 Å². The SMILES string of the molecule is O=C(N1CCC2C=CSC2C1)C1(Sc2ccccc2)CC1. The van der Waals surface area contributed by atoms with E-state index in [2.05, 4.69) is 40.6 Å². The fourth-order valence-corrected chi connectivity index (χ4v) is 5.66. The molecule has 2 heterocycles. The van der Waals surface area contributed by atoms with Crippen LogP contribution in [0.2, 0.25) is 0 Å². The highest BCUT2D eigenvalue weighted by Gasteiger charge is 2.53. The molecule has 1 saturated heterocycles. The van der Waals surface area contributed by atoms with Crippen molar-refractivity contribution in [1.82, 2.24) is 4.90 Å². The van der Waals surface area contributed by atoms with E-state index < -0.39 is 0 Å². The molecular weight excluding hydrogens is 298 g/mol. The van der Waals surface area contributed by atoms with Crippen LogP contribution in [0.5, 0.6) is 0 Å². The zero-order chi connectivity index (χ0) is 14.3. The van der Waals surface area contributed by atoms with E-state index in [9.17, 15) is 4.79 Å². The number of carbonyl (C=O) groups excluding carboxylic acids is 1. The molecule has 0 aromatic heterocycles. The van der Waals surface area contributed by atoms with Crippen molar-refractivity contribution in [2.45, 2.75) is 34.2 Å². The highest BCUT2D eigenvalue weighted by molar-refractivity contribution is 8.03. The summed E-state index contributed by atoms with van der Waals surface area (Å²) in [5.41, 5.74) is 0. The zero-order valence-electron chi connectivity index (χ0n) is 11.9. The number of carbonyl (C=O) groups is 1. The quantitative estimate of drug-likeness (QED) is 0.846. The largest absolute Gasteiger partial charge is 0.340 e. The highest BCUT2D eigenvalue weighted by Crippen LogP contribution is 2.53. The molecule has 4 heteroatoms. The molecule has 4 rings (SSSR count). The highest BCUT2D eigenvalue weighted by atomic mass is 32.2. The molecule has 1 aliphatic carbocycles. The number of fused-ring (bicyclic) bond motifs is 1. The van der Waals surface area contributed by atoms with Gasteiger partial charge in [0.05, 0.1) is 4.75 Å². The summed E-state index contributed by atoms with van der Waals surface area (Å²) in [5, 5.41) is 2.81. The van der Waals surface area contributed by atoms with Gasteiger partial charge in [-0.25, -0.2) is 0 Å². The summed E-state index contributed by atoms with van der Waals surface area (Å²) < 4.78 is -0.162. The van der Waals surface area contributed by atoms with E-state index in [0.29, 0.717) is 17.1 Å². The van der Waals surface area contributed by atoms with Crippen LogP contribution in [0.25, 0.3) is 0 Å². The molecule has 110 valence electrons. The Morgan fingerprint density at radius 3 is 2.86 bits per heavy atom. The van der Waals surface area contributed by atoms with Crippen molar-refractivity contribution < 1.29 is 4.79 Å². The Hall–Kier alpha value is -0.870. The second kappa shape index (κ2) is 5.40. The van der Waals surface area contributed by atoms with Crippen molar-refractivity contribution in [1.29, 1.82) is 0 Å². The summed E-state index contributed by atoms with van der Waals surface area (Å²) in [4.78, 5) is 16.3. The van der Waals surface area contributed by atoms with Crippen molar-refractivity contribution >= 4 is 29.4 Å². The normalized spacial score (nSPS) is 29.2. The predicted molar refractivity (Wildman–Crippen MR) is 89.5 cm³/mol. The summed E-state index contributed by atoms with van der Waals surface area (Å²) in [6, 6.07) is 10.4. The van der Waals surface area contributed by atoms with Gasteiger partial charge in [0.25, 0.3) is 0 Å². The van der Waals surface area contributed by atoms with Crippen molar-refractivity contribution in [3.63, 3.8) is 0 Å². The number of benzene rings is 1. The lowest BCUT2D eigenvalue weighted by molar-refractivity contribution is -0.132. The number of amides is 1. The van der Waals surface area contributed by atoms with Gasteiger partial charge in [0.1, 0.15) is 0 Å². The summed E-state index contributed by atoms with van der Waals surface area (Å²) >= 11 is 3.67. The number of allylic oxidation sites excluding steroid dienone is 1. The van der Waals surface area contributed by atoms with E-state index in [1.54, 1.807) is 11.8 Å². The molecule has 3 aliphatic rings. The standard InChI is InChI=1S/C17H19NOS2/c19-16(18-10-6-13-7-11-20-15(13)12-18)17(8-9-17)21-14-4-2-1-3-5-14/h1-5,7,11,13,15H,6,8-10,12H2. The molecule has 2 atom stereocenters. The molecule has 1 aromatic rings. The van der Waals surface area contributed by atoms with Gasteiger partial charge in [0, 0.05) is 23.2 Å². The minimum atomic E-state index is -0.162. The monoisotopic (exact) mass is 317 g/mol. The molecular formula is C17H19NOS2. The minimum absolute atomic E-state index is 0.162. The number of likely N-dealkylation sites (tertiary alicyclic amines) is 1. The predicted octanol–water partition coefficient (Wildman–Crippen LogP) is 3.79. The van der Waals surface area contributed by atoms with Gasteiger partial charge in [0.2, 0.25) is 5.91 Å². The first kappa shape index (κ1) is 13.8. The van der Waals surface area contributed by atoms with Crippen molar-refractivity contribution in [2.75, 3.05) is 13.1 Å². The summed E-state index contributed by atoms with van der Waals surface area (Å²) in [6.07, 6.45) is 5.51. The van der Waals surface area contributed by atoms with Crippen LogP contribution in [0.4, 0.5) is 0 Å². The van der Waals surface area contributed by atoms with Gasteiger partial charge in [-0.15, -0.1) is 23.5 Å². The Morgan fingerprint density at radius 2 is 2.10 bits per heavy atom.